The third kappa shape index (κ3) is 3.02. The number of aromatic nitrogens is 2. The van der Waals surface area contributed by atoms with E-state index in [1.165, 1.54) is 6.33 Å². The molecule has 1 aliphatic carbocycles. The number of sulfonamides is 1. The molecule has 0 spiro atoms. The average Bonchev–Trinajstić information content (AvgIpc) is 3.31. The highest BCUT2D eigenvalue weighted by Gasteiger charge is 2.25. The third-order valence-corrected chi connectivity index (χ3v) is 4.65. The number of benzene rings is 1. The molecule has 1 aromatic carbocycles. The van der Waals surface area contributed by atoms with Crippen LogP contribution in [0.1, 0.15) is 30.1 Å². The molecule has 6 heteroatoms. The first-order chi connectivity index (χ1) is 9.65. The van der Waals surface area contributed by atoms with Gasteiger partial charge in [-0.1, -0.05) is 18.2 Å². The summed E-state index contributed by atoms with van der Waals surface area (Å²) in [5.74, 6) is 0.530. The predicted octanol–water partition coefficient (Wildman–Crippen LogP) is 1.83. The van der Waals surface area contributed by atoms with Crippen LogP contribution in [-0.2, 0) is 16.6 Å². The summed E-state index contributed by atoms with van der Waals surface area (Å²) in [6.07, 6.45) is 3.82. The third-order valence-electron chi connectivity index (χ3n) is 3.24. The van der Waals surface area contributed by atoms with Crippen molar-refractivity contribution in [3.63, 3.8) is 0 Å². The molecule has 0 aliphatic heterocycles. The summed E-state index contributed by atoms with van der Waals surface area (Å²) < 4.78 is 26.7. The molecule has 0 unspecified atom stereocenters. The molecule has 1 heterocycles. The van der Waals surface area contributed by atoms with Gasteiger partial charge in [0.2, 0.25) is 10.0 Å². The second-order valence-corrected chi connectivity index (χ2v) is 6.61. The van der Waals surface area contributed by atoms with Crippen molar-refractivity contribution in [2.75, 3.05) is 0 Å². The van der Waals surface area contributed by atoms with Crippen molar-refractivity contribution in [1.82, 2.24) is 14.7 Å². The highest BCUT2D eigenvalue weighted by atomic mass is 32.2. The zero-order valence-electron chi connectivity index (χ0n) is 10.9. The van der Waals surface area contributed by atoms with Crippen LogP contribution in [0.25, 0.3) is 0 Å². The van der Waals surface area contributed by atoms with Gasteiger partial charge >= 0.3 is 0 Å². The maximum Gasteiger partial charge on any atom is 0.240 e. The van der Waals surface area contributed by atoms with Crippen molar-refractivity contribution >= 4 is 10.0 Å². The van der Waals surface area contributed by atoms with Crippen molar-refractivity contribution in [3.8, 4) is 0 Å². The summed E-state index contributed by atoms with van der Waals surface area (Å²) in [5.41, 5.74) is 1.70. The number of nitrogens with one attached hydrogen (secondary N) is 1. The van der Waals surface area contributed by atoms with Crippen molar-refractivity contribution in [2.45, 2.75) is 30.2 Å². The van der Waals surface area contributed by atoms with E-state index in [9.17, 15) is 8.42 Å². The first-order valence-electron chi connectivity index (χ1n) is 6.51. The van der Waals surface area contributed by atoms with Crippen LogP contribution in [0.2, 0.25) is 0 Å². The summed E-state index contributed by atoms with van der Waals surface area (Å²) in [7, 11) is -3.49. The Bertz CT molecular complexity index is 697. The molecule has 1 saturated carbocycles. The topological polar surface area (TPSA) is 72.0 Å². The van der Waals surface area contributed by atoms with Gasteiger partial charge in [0, 0.05) is 11.6 Å². The van der Waals surface area contributed by atoms with Crippen LogP contribution < -0.4 is 4.72 Å². The molecule has 0 amide bonds. The molecule has 0 radical (unpaired) electrons. The van der Waals surface area contributed by atoms with Crippen LogP contribution >= 0.6 is 0 Å². The van der Waals surface area contributed by atoms with Gasteiger partial charge in [-0.05, 0) is 31.0 Å². The summed E-state index contributed by atoms with van der Waals surface area (Å²) >= 11 is 0. The summed E-state index contributed by atoms with van der Waals surface area (Å²) in [4.78, 5) is 8.58. The lowest BCUT2D eigenvalue weighted by Gasteiger charge is -2.07. The first kappa shape index (κ1) is 13.2. The summed E-state index contributed by atoms with van der Waals surface area (Å²) in [6, 6.07) is 10.2. The molecule has 1 N–H and O–H groups in total. The monoisotopic (exact) mass is 289 g/mol. The molecular formula is C14H15N3O2S. The largest absolute Gasteiger partial charge is 0.241 e. The Kier molecular flexibility index (Phi) is 3.50. The minimum Gasteiger partial charge on any atom is -0.241 e. The van der Waals surface area contributed by atoms with Gasteiger partial charge in [-0.2, -0.15) is 0 Å². The van der Waals surface area contributed by atoms with Crippen LogP contribution in [0.4, 0.5) is 0 Å². The van der Waals surface area contributed by atoms with Gasteiger partial charge < -0.3 is 0 Å². The van der Waals surface area contributed by atoms with Crippen LogP contribution in [0, 0.1) is 0 Å². The van der Waals surface area contributed by atoms with Crippen molar-refractivity contribution in [2.24, 2.45) is 0 Å². The van der Waals surface area contributed by atoms with Crippen molar-refractivity contribution in [1.29, 1.82) is 0 Å². The van der Waals surface area contributed by atoms with Gasteiger partial charge in [0.15, 0.2) is 0 Å². The maximum atomic E-state index is 12.1. The molecule has 104 valence electrons. The Morgan fingerprint density at radius 3 is 2.60 bits per heavy atom. The molecule has 0 bridgehead atoms. The molecule has 1 aromatic heterocycles. The van der Waals surface area contributed by atoms with Gasteiger partial charge in [0.1, 0.15) is 6.33 Å². The lowest BCUT2D eigenvalue weighted by Crippen LogP contribution is -2.23. The highest BCUT2D eigenvalue weighted by Crippen LogP contribution is 2.38. The van der Waals surface area contributed by atoms with Crippen molar-refractivity contribution in [3.05, 3.63) is 54.1 Å². The molecule has 2 aromatic rings. The van der Waals surface area contributed by atoms with Crippen LogP contribution in [0.15, 0.2) is 47.6 Å². The van der Waals surface area contributed by atoms with E-state index in [1.807, 2.05) is 6.07 Å². The number of hydrogen-bond donors (Lipinski definition) is 1. The molecule has 3 rings (SSSR count). The van der Waals surface area contributed by atoms with E-state index in [0.717, 1.165) is 18.5 Å². The molecule has 0 atom stereocenters. The quantitative estimate of drug-likeness (QED) is 0.911. The normalized spacial score (nSPS) is 15.2. The first-order valence-corrected chi connectivity index (χ1v) is 7.99. The Hall–Kier alpha value is -1.79. The Morgan fingerprint density at radius 2 is 1.90 bits per heavy atom. The minimum absolute atomic E-state index is 0.180. The van der Waals surface area contributed by atoms with E-state index in [-0.39, 0.29) is 11.4 Å². The Balaban J connectivity index is 1.71. The van der Waals surface area contributed by atoms with E-state index in [2.05, 4.69) is 14.7 Å². The van der Waals surface area contributed by atoms with E-state index in [1.54, 1.807) is 30.3 Å². The fourth-order valence-corrected chi connectivity index (χ4v) is 2.99. The number of nitrogens with zero attached hydrogens (tertiary/aromatic N) is 2. The Morgan fingerprint density at radius 1 is 1.15 bits per heavy atom. The fourth-order valence-electron chi connectivity index (χ4n) is 1.97. The van der Waals surface area contributed by atoms with Crippen LogP contribution in [-0.4, -0.2) is 18.4 Å². The Labute approximate surface area is 118 Å². The lowest BCUT2D eigenvalue weighted by molar-refractivity contribution is 0.580. The molecule has 1 fully saturated rings. The van der Waals surface area contributed by atoms with Gasteiger partial charge in [-0.25, -0.2) is 23.1 Å². The predicted molar refractivity (Wildman–Crippen MR) is 74.5 cm³/mol. The molecule has 5 nitrogen and oxygen atoms in total. The van der Waals surface area contributed by atoms with Gasteiger partial charge in [0.25, 0.3) is 0 Å². The van der Waals surface area contributed by atoms with E-state index in [0.29, 0.717) is 11.6 Å². The summed E-state index contributed by atoms with van der Waals surface area (Å²) in [6.45, 7) is 0.180. The maximum absolute atomic E-state index is 12.1. The summed E-state index contributed by atoms with van der Waals surface area (Å²) in [5, 5.41) is 0. The highest BCUT2D eigenvalue weighted by molar-refractivity contribution is 7.89. The zero-order valence-corrected chi connectivity index (χ0v) is 11.7. The number of hydrogen-bond acceptors (Lipinski definition) is 4. The van der Waals surface area contributed by atoms with Gasteiger partial charge in [-0.15, -0.1) is 0 Å². The molecule has 1 aliphatic rings. The number of rotatable bonds is 5. The van der Waals surface area contributed by atoms with Crippen LogP contribution in [0.3, 0.4) is 0 Å². The molecule has 20 heavy (non-hydrogen) atoms. The van der Waals surface area contributed by atoms with Crippen LogP contribution in [0.5, 0.6) is 0 Å². The zero-order chi connectivity index (χ0) is 14.0. The smallest absolute Gasteiger partial charge is 0.240 e. The fraction of sp³-hybridized carbons (Fsp3) is 0.286. The lowest BCUT2D eigenvalue weighted by atomic mass is 10.2. The second kappa shape index (κ2) is 5.30. The van der Waals surface area contributed by atoms with Crippen molar-refractivity contribution < 1.29 is 8.42 Å². The SMILES string of the molecule is O=S(=O)(NCc1cc(C2CC2)ncn1)c1ccccc1. The second-order valence-electron chi connectivity index (χ2n) is 4.85. The average molecular weight is 289 g/mol. The van der Waals surface area contributed by atoms with E-state index < -0.39 is 10.0 Å². The standard InChI is InChI=1S/C14H15N3O2S/c18-20(19,13-4-2-1-3-5-13)17-9-12-8-14(11-6-7-11)16-10-15-12/h1-5,8,10-11,17H,6-7,9H2. The molecular weight excluding hydrogens is 274 g/mol. The van der Waals surface area contributed by atoms with Gasteiger partial charge in [-0.3, -0.25) is 0 Å². The van der Waals surface area contributed by atoms with E-state index >= 15 is 0 Å². The van der Waals surface area contributed by atoms with Gasteiger partial charge in [0.05, 0.1) is 17.1 Å². The minimum atomic E-state index is -3.49. The molecule has 0 saturated heterocycles. The van der Waals surface area contributed by atoms with E-state index in [4.69, 9.17) is 0 Å².